The van der Waals surface area contributed by atoms with Gasteiger partial charge in [-0.05, 0) is 51.3 Å². The van der Waals surface area contributed by atoms with E-state index in [1.165, 1.54) is 13.0 Å². The number of unbranched alkanes of at least 4 members (excludes halogenated alkanes) is 1. The van der Waals surface area contributed by atoms with Gasteiger partial charge in [-0.3, -0.25) is 9.59 Å². The number of carbonyl (C=O) groups excluding carboxylic acids is 2. The fraction of sp³-hybridized carbons (Fsp3) is 0.556. The van der Waals surface area contributed by atoms with Crippen molar-refractivity contribution in [1.82, 2.24) is 0 Å². The van der Waals surface area contributed by atoms with Crippen molar-refractivity contribution in [3.05, 3.63) is 54.6 Å². The number of para-hydroxylation sites is 1. The smallest absolute Gasteiger partial charge is 0.306 e. The number of hydrogen-bond acceptors (Lipinski definition) is 6. The lowest BCUT2D eigenvalue weighted by molar-refractivity contribution is -0.148. The summed E-state index contributed by atoms with van der Waals surface area (Å²) in [5.41, 5.74) is 0. The molecule has 0 heterocycles. The van der Waals surface area contributed by atoms with E-state index < -0.39 is 36.6 Å². The molecule has 35 heavy (non-hydrogen) atoms. The van der Waals surface area contributed by atoms with Crippen molar-refractivity contribution in [2.45, 2.75) is 77.1 Å². The van der Waals surface area contributed by atoms with Crippen LogP contribution in [0.3, 0.4) is 0 Å². The van der Waals surface area contributed by atoms with Crippen molar-refractivity contribution in [2.75, 3.05) is 6.61 Å². The van der Waals surface area contributed by atoms with Crippen molar-refractivity contribution in [3.8, 4) is 5.75 Å². The number of hydrogen-bond donors (Lipinski definition) is 1. The van der Waals surface area contributed by atoms with Crippen LogP contribution in [0.15, 0.2) is 54.6 Å². The van der Waals surface area contributed by atoms with Gasteiger partial charge < -0.3 is 19.3 Å². The molecule has 0 amide bonds. The lowest BCUT2D eigenvalue weighted by Crippen LogP contribution is -2.26. The highest BCUT2D eigenvalue weighted by atomic mass is 19.3. The van der Waals surface area contributed by atoms with Gasteiger partial charge in [-0.2, -0.15) is 8.78 Å². The average molecular weight is 495 g/mol. The summed E-state index contributed by atoms with van der Waals surface area (Å²) >= 11 is 0. The highest BCUT2D eigenvalue weighted by Crippen LogP contribution is 2.39. The lowest BCUT2D eigenvalue weighted by Gasteiger charge is -2.22. The molecule has 2 rings (SSSR count). The summed E-state index contributed by atoms with van der Waals surface area (Å²) in [6.45, 7) is 4.05. The molecule has 0 spiro atoms. The van der Waals surface area contributed by atoms with Crippen molar-refractivity contribution < 1.29 is 37.7 Å². The van der Waals surface area contributed by atoms with Crippen molar-refractivity contribution in [3.63, 3.8) is 0 Å². The predicted octanol–water partition coefficient (Wildman–Crippen LogP) is 5.25. The van der Waals surface area contributed by atoms with Crippen LogP contribution in [-0.4, -0.2) is 47.9 Å². The van der Waals surface area contributed by atoms with Gasteiger partial charge >= 0.3 is 11.9 Å². The first kappa shape index (κ1) is 28.5. The Bertz CT molecular complexity index is 852. The van der Waals surface area contributed by atoms with Crippen molar-refractivity contribution >= 4 is 11.9 Å². The molecule has 1 aliphatic rings. The number of aliphatic hydroxyl groups excluding tert-OH is 1. The fourth-order valence-corrected chi connectivity index (χ4v) is 4.09. The number of alkyl halides is 2. The highest BCUT2D eigenvalue weighted by Gasteiger charge is 2.43. The zero-order chi connectivity index (χ0) is 25.8. The molecule has 4 atom stereocenters. The number of ether oxygens (including phenoxy) is 3. The molecule has 0 radical (unpaired) electrons. The predicted molar refractivity (Wildman–Crippen MR) is 128 cm³/mol. The highest BCUT2D eigenvalue weighted by molar-refractivity contribution is 5.69. The van der Waals surface area contributed by atoms with E-state index in [4.69, 9.17) is 14.2 Å². The van der Waals surface area contributed by atoms with E-state index in [2.05, 4.69) is 0 Å². The van der Waals surface area contributed by atoms with E-state index in [1.54, 1.807) is 44.2 Å². The molecule has 194 valence electrons. The molecule has 1 aliphatic carbocycles. The third kappa shape index (κ3) is 10.6. The second kappa shape index (κ2) is 14.0. The number of aliphatic hydroxyl groups is 1. The molecule has 1 saturated carbocycles. The molecule has 6 nitrogen and oxygen atoms in total. The summed E-state index contributed by atoms with van der Waals surface area (Å²) in [6.07, 6.45) is 6.43. The Morgan fingerprint density at radius 2 is 1.91 bits per heavy atom. The summed E-state index contributed by atoms with van der Waals surface area (Å²) in [5.74, 6) is -4.57. The Morgan fingerprint density at radius 1 is 1.20 bits per heavy atom. The first-order chi connectivity index (χ1) is 16.6. The van der Waals surface area contributed by atoms with Crippen LogP contribution < -0.4 is 4.74 Å². The molecule has 0 aliphatic heterocycles. The molecule has 1 aromatic carbocycles. The molecule has 1 fully saturated rings. The Hall–Kier alpha value is -2.74. The SMILES string of the molecule is CC(=O)O[C@H]1C[C@@H](O)[C@H](/C=C/C(F)(F)COc2ccccc2)[C@H]1C/C=C\CCCC(=O)OC(C)C. The normalized spacial score (nSPS) is 22.7. The minimum atomic E-state index is -3.24. The Labute approximate surface area is 205 Å². The van der Waals surface area contributed by atoms with E-state index in [-0.39, 0.29) is 24.4 Å². The first-order valence-corrected chi connectivity index (χ1v) is 12.0. The summed E-state index contributed by atoms with van der Waals surface area (Å²) < 4.78 is 44.5. The average Bonchev–Trinajstić information content (AvgIpc) is 3.06. The van der Waals surface area contributed by atoms with Gasteiger partial charge in [0, 0.05) is 31.6 Å². The topological polar surface area (TPSA) is 82.1 Å². The zero-order valence-corrected chi connectivity index (χ0v) is 20.6. The number of esters is 2. The van der Waals surface area contributed by atoms with E-state index in [0.717, 1.165) is 6.08 Å². The van der Waals surface area contributed by atoms with Gasteiger partial charge in [0.1, 0.15) is 11.9 Å². The maximum atomic E-state index is 14.4. The minimum Gasteiger partial charge on any atom is -0.487 e. The van der Waals surface area contributed by atoms with Crippen LogP contribution in [0.5, 0.6) is 5.75 Å². The third-order valence-corrected chi connectivity index (χ3v) is 5.64. The summed E-state index contributed by atoms with van der Waals surface area (Å²) in [6, 6.07) is 8.35. The van der Waals surface area contributed by atoms with E-state index in [0.29, 0.717) is 31.4 Å². The molecule has 0 saturated heterocycles. The molecule has 0 unspecified atom stereocenters. The van der Waals surface area contributed by atoms with Crippen LogP contribution in [0, 0.1) is 11.8 Å². The second-order valence-electron chi connectivity index (χ2n) is 9.05. The number of carbonyl (C=O) groups is 2. The van der Waals surface area contributed by atoms with Gasteiger partial charge in [0.05, 0.1) is 12.2 Å². The monoisotopic (exact) mass is 494 g/mol. The van der Waals surface area contributed by atoms with Crippen LogP contribution >= 0.6 is 0 Å². The largest absolute Gasteiger partial charge is 0.487 e. The fourth-order valence-electron chi connectivity index (χ4n) is 4.09. The zero-order valence-electron chi connectivity index (χ0n) is 20.6. The summed E-state index contributed by atoms with van der Waals surface area (Å²) in [7, 11) is 0. The first-order valence-electron chi connectivity index (χ1n) is 12.0. The van der Waals surface area contributed by atoms with Crippen LogP contribution in [0.4, 0.5) is 8.78 Å². The van der Waals surface area contributed by atoms with Crippen LogP contribution in [0.1, 0.15) is 52.9 Å². The van der Waals surface area contributed by atoms with Crippen molar-refractivity contribution in [1.29, 1.82) is 0 Å². The number of rotatable bonds is 13. The van der Waals surface area contributed by atoms with Gasteiger partial charge in [0.15, 0.2) is 6.61 Å². The lowest BCUT2D eigenvalue weighted by atomic mass is 9.89. The molecule has 8 heteroatoms. The van der Waals surface area contributed by atoms with Gasteiger partial charge in [-0.15, -0.1) is 0 Å². The number of halogens is 2. The van der Waals surface area contributed by atoms with Crippen molar-refractivity contribution in [2.24, 2.45) is 11.8 Å². The van der Waals surface area contributed by atoms with Gasteiger partial charge in [0.2, 0.25) is 0 Å². The number of allylic oxidation sites excluding steroid dienone is 2. The quantitative estimate of drug-likeness (QED) is 0.229. The third-order valence-electron chi connectivity index (χ3n) is 5.64. The number of benzene rings is 1. The standard InChI is InChI=1S/C27H36F2O6/c1-19(2)34-26(32)14-10-5-4-9-13-23-22(24(31)17-25(23)35-20(3)30)15-16-27(28,29)18-33-21-11-7-6-8-12-21/h4,6-9,11-12,15-16,19,22-25,31H,5,10,13-14,17-18H2,1-3H3/b9-4-,16-15+/t22-,23-,24-,25+/m1/s1. The maximum Gasteiger partial charge on any atom is 0.306 e. The molecular weight excluding hydrogens is 458 g/mol. The Kier molecular flexibility index (Phi) is 11.4. The molecular formula is C27H36F2O6. The minimum absolute atomic E-state index is 0.146. The molecule has 0 aromatic heterocycles. The van der Waals surface area contributed by atoms with Crippen LogP contribution in [0.25, 0.3) is 0 Å². The molecule has 0 bridgehead atoms. The van der Waals surface area contributed by atoms with Gasteiger partial charge in [0.25, 0.3) is 5.92 Å². The summed E-state index contributed by atoms with van der Waals surface area (Å²) in [5, 5.41) is 10.5. The Morgan fingerprint density at radius 3 is 2.57 bits per heavy atom. The van der Waals surface area contributed by atoms with Gasteiger partial charge in [-0.25, -0.2) is 0 Å². The second-order valence-corrected chi connectivity index (χ2v) is 9.05. The van der Waals surface area contributed by atoms with E-state index in [1.807, 2.05) is 12.2 Å². The van der Waals surface area contributed by atoms with Crippen LogP contribution in [0.2, 0.25) is 0 Å². The van der Waals surface area contributed by atoms with Crippen LogP contribution in [-0.2, 0) is 19.1 Å². The maximum absolute atomic E-state index is 14.4. The molecule has 1 aromatic rings. The molecule has 1 N–H and O–H groups in total. The summed E-state index contributed by atoms with van der Waals surface area (Å²) in [4.78, 5) is 23.1. The van der Waals surface area contributed by atoms with E-state index >= 15 is 0 Å². The Balaban J connectivity index is 1.96. The van der Waals surface area contributed by atoms with Gasteiger partial charge in [-0.1, -0.05) is 36.4 Å². The van der Waals surface area contributed by atoms with E-state index in [9.17, 15) is 23.5 Å².